The highest BCUT2D eigenvalue weighted by molar-refractivity contribution is 4.83. The van der Waals surface area contributed by atoms with E-state index >= 15 is 0 Å². The summed E-state index contributed by atoms with van der Waals surface area (Å²) in [7, 11) is 0. The summed E-state index contributed by atoms with van der Waals surface area (Å²) < 4.78 is 5.44. The van der Waals surface area contributed by atoms with Crippen LogP contribution in [-0.4, -0.2) is 37.0 Å². The van der Waals surface area contributed by atoms with E-state index in [0.29, 0.717) is 19.2 Å². The van der Waals surface area contributed by atoms with Crippen molar-refractivity contribution in [1.82, 2.24) is 5.32 Å². The monoisotopic (exact) mass is 213 g/mol. The van der Waals surface area contributed by atoms with Gasteiger partial charge in [0.1, 0.15) is 0 Å². The quantitative estimate of drug-likeness (QED) is 0.636. The molecule has 88 valence electrons. The molecule has 0 amide bonds. The van der Waals surface area contributed by atoms with E-state index in [1.807, 2.05) is 0 Å². The molecule has 0 radical (unpaired) electrons. The second-order valence-corrected chi connectivity index (χ2v) is 5.17. The summed E-state index contributed by atoms with van der Waals surface area (Å²) in [6.07, 6.45) is 4.98. The second kappa shape index (κ2) is 5.28. The molecule has 0 spiro atoms. The Morgan fingerprint density at radius 3 is 2.67 bits per heavy atom. The van der Waals surface area contributed by atoms with Crippen LogP contribution in [0.25, 0.3) is 0 Å². The third kappa shape index (κ3) is 4.49. The summed E-state index contributed by atoms with van der Waals surface area (Å²) in [4.78, 5) is 0. The second-order valence-electron chi connectivity index (χ2n) is 5.17. The molecule has 0 saturated heterocycles. The van der Waals surface area contributed by atoms with Gasteiger partial charge in [-0.2, -0.15) is 0 Å². The van der Waals surface area contributed by atoms with Gasteiger partial charge in [0.05, 0.1) is 12.7 Å². The van der Waals surface area contributed by atoms with Crippen molar-refractivity contribution in [1.29, 1.82) is 0 Å². The van der Waals surface area contributed by atoms with E-state index in [4.69, 9.17) is 4.74 Å². The Morgan fingerprint density at radius 2 is 2.07 bits per heavy atom. The zero-order valence-electron chi connectivity index (χ0n) is 9.61. The van der Waals surface area contributed by atoms with Crippen LogP contribution in [0.3, 0.4) is 0 Å². The first-order chi connectivity index (χ1) is 7.25. The maximum absolute atomic E-state index is 9.65. The Bertz CT molecular complexity index is 190. The molecule has 0 aromatic carbocycles. The topological polar surface area (TPSA) is 41.5 Å². The van der Waals surface area contributed by atoms with Gasteiger partial charge in [-0.25, -0.2) is 0 Å². The van der Waals surface area contributed by atoms with Crippen molar-refractivity contribution in [2.24, 2.45) is 11.8 Å². The fourth-order valence-electron chi connectivity index (χ4n) is 1.80. The molecule has 0 bridgehead atoms. The summed E-state index contributed by atoms with van der Waals surface area (Å²) in [6, 6.07) is 0.558. The van der Waals surface area contributed by atoms with Crippen molar-refractivity contribution in [3.05, 3.63) is 0 Å². The first-order valence-electron chi connectivity index (χ1n) is 6.25. The van der Waals surface area contributed by atoms with E-state index < -0.39 is 0 Å². The smallest absolute Gasteiger partial charge is 0.0897 e. The molecule has 0 aliphatic heterocycles. The lowest BCUT2D eigenvalue weighted by Crippen LogP contribution is -2.37. The van der Waals surface area contributed by atoms with Gasteiger partial charge in [-0.3, -0.25) is 0 Å². The van der Waals surface area contributed by atoms with Crippen LogP contribution in [0.4, 0.5) is 0 Å². The summed E-state index contributed by atoms with van der Waals surface area (Å²) in [5, 5.41) is 13.0. The molecule has 2 unspecified atom stereocenters. The van der Waals surface area contributed by atoms with Crippen molar-refractivity contribution in [3.8, 4) is 0 Å². The van der Waals surface area contributed by atoms with Crippen LogP contribution in [-0.2, 0) is 4.74 Å². The molecule has 3 nitrogen and oxygen atoms in total. The Morgan fingerprint density at radius 1 is 1.33 bits per heavy atom. The number of aliphatic hydroxyl groups is 1. The first-order valence-corrected chi connectivity index (χ1v) is 6.25. The highest BCUT2D eigenvalue weighted by Crippen LogP contribution is 2.32. The van der Waals surface area contributed by atoms with Crippen molar-refractivity contribution >= 4 is 0 Å². The minimum Gasteiger partial charge on any atom is -0.389 e. The maximum Gasteiger partial charge on any atom is 0.0897 e. The number of ether oxygens (including phenoxy) is 1. The van der Waals surface area contributed by atoms with Gasteiger partial charge in [0, 0.05) is 19.2 Å². The highest BCUT2D eigenvalue weighted by Gasteiger charge is 2.27. The van der Waals surface area contributed by atoms with Gasteiger partial charge in [0.15, 0.2) is 0 Å². The van der Waals surface area contributed by atoms with Crippen molar-refractivity contribution < 1.29 is 9.84 Å². The molecular formula is C12H23NO2. The van der Waals surface area contributed by atoms with Crippen LogP contribution < -0.4 is 5.32 Å². The van der Waals surface area contributed by atoms with Gasteiger partial charge in [-0.05, 0) is 44.4 Å². The molecule has 15 heavy (non-hydrogen) atoms. The van der Waals surface area contributed by atoms with E-state index in [1.54, 1.807) is 0 Å². The van der Waals surface area contributed by atoms with E-state index in [-0.39, 0.29) is 6.10 Å². The number of hydrogen-bond donors (Lipinski definition) is 2. The van der Waals surface area contributed by atoms with Gasteiger partial charge in [-0.15, -0.1) is 0 Å². The average molecular weight is 213 g/mol. The van der Waals surface area contributed by atoms with E-state index in [0.717, 1.165) is 18.4 Å². The van der Waals surface area contributed by atoms with Crippen LogP contribution in [0, 0.1) is 11.8 Å². The summed E-state index contributed by atoms with van der Waals surface area (Å²) in [5.41, 5.74) is 0. The number of aliphatic hydroxyl groups excluding tert-OH is 1. The van der Waals surface area contributed by atoms with Crippen LogP contribution >= 0.6 is 0 Å². The Hall–Kier alpha value is -0.120. The average Bonchev–Trinajstić information content (AvgIpc) is 3.02. The van der Waals surface area contributed by atoms with Crippen LogP contribution in [0.1, 0.15) is 32.6 Å². The van der Waals surface area contributed by atoms with Crippen LogP contribution in [0.2, 0.25) is 0 Å². The number of hydrogen-bond acceptors (Lipinski definition) is 3. The molecule has 2 aliphatic carbocycles. The third-order valence-electron chi connectivity index (χ3n) is 3.37. The Kier molecular flexibility index (Phi) is 4.00. The molecule has 0 aromatic rings. The van der Waals surface area contributed by atoms with Gasteiger partial charge in [-0.1, -0.05) is 0 Å². The minimum absolute atomic E-state index is 0.343. The third-order valence-corrected chi connectivity index (χ3v) is 3.37. The fraction of sp³-hybridized carbons (Fsp3) is 1.00. The molecule has 2 aliphatic rings. The van der Waals surface area contributed by atoms with Gasteiger partial charge in [0.2, 0.25) is 0 Å². The van der Waals surface area contributed by atoms with Crippen LogP contribution in [0.5, 0.6) is 0 Å². The largest absolute Gasteiger partial charge is 0.389 e. The molecule has 3 heteroatoms. The Balaban J connectivity index is 1.45. The van der Waals surface area contributed by atoms with Crippen molar-refractivity contribution in [2.75, 3.05) is 19.8 Å². The fourth-order valence-corrected chi connectivity index (χ4v) is 1.80. The van der Waals surface area contributed by atoms with Gasteiger partial charge >= 0.3 is 0 Å². The first kappa shape index (κ1) is 11.4. The molecule has 2 rings (SSSR count). The molecular weight excluding hydrogens is 190 g/mol. The van der Waals surface area contributed by atoms with Crippen LogP contribution in [0.15, 0.2) is 0 Å². The van der Waals surface area contributed by atoms with E-state index in [9.17, 15) is 5.11 Å². The van der Waals surface area contributed by atoms with E-state index in [2.05, 4.69) is 12.2 Å². The van der Waals surface area contributed by atoms with Gasteiger partial charge in [0.25, 0.3) is 0 Å². The zero-order valence-corrected chi connectivity index (χ0v) is 9.61. The lowest BCUT2D eigenvalue weighted by atomic mass is 10.2. The normalized spacial score (nSPS) is 25.2. The highest BCUT2D eigenvalue weighted by atomic mass is 16.5. The number of nitrogens with one attached hydrogen (secondary N) is 1. The SMILES string of the molecule is CC(NCC(O)COCC1CC1)C1CC1. The minimum atomic E-state index is -0.343. The maximum atomic E-state index is 9.65. The summed E-state index contributed by atoms with van der Waals surface area (Å²) in [6.45, 7) is 4.20. The van der Waals surface area contributed by atoms with Crippen molar-refractivity contribution in [2.45, 2.75) is 44.8 Å². The molecule has 0 aromatic heterocycles. The molecule has 2 saturated carbocycles. The van der Waals surface area contributed by atoms with Gasteiger partial charge < -0.3 is 15.2 Å². The zero-order chi connectivity index (χ0) is 10.7. The predicted octanol–water partition coefficient (Wildman–Crippen LogP) is 1.16. The summed E-state index contributed by atoms with van der Waals surface area (Å²) >= 11 is 0. The predicted molar refractivity (Wildman–Crippen MR) is 59.7 cm³/mol. The Labute approximate surface area is 92.2 Å². The lowest BCUT2D eigenvalue weighted by molar-refractivity contribution is 0.0312. The van der Waals surface area contributed by atoms with E-state index in [1.165, 1.54) is 25.7 Å². The number of rotatable bonds is 8. The lowest BCUT2D eigenvalue weighted by Gasteiger charge is -2.16. The molecule has 0 heterocycles. The standard InChI is InChI=1S/C12H23NO2/c1-9(11-4-5-11)13-6-12(14)8-15-7-10-2-3-10/h9-14H,2-8H2,1H3. The molecule has 2 atom stereocenters. The molecule has 2 N–H and O–H groups in total. The molecule has 2 fully saturated rings. The summed E-state index contributed by atoms with van der Waals surface area (Å²) in [5.74, 6) is 1.64. The van der Waals surface area contributed by atoms with Crippen molar-refractivity contribution in [3.63, 3.8) is 0 Å².